The predicted molar refractivity (Wildman–Crippen MR) is 87.0 cm³/mol. The van der Waals surface area contributed by atoms with Crippen LogP contribution in [-0.2, 0) is 11.2 Å². The average molecular weight is 311 g/mol. The van der Waals surface area contributed by atoms with Crippen LogP contribution in [0.3, 0.4) is 0 Å². The number of methoxy groups -OCH3 is 1. The SMILES string of the molecule is COc1cccc([C@@H]2CCCN2C(=O)CCc2cnccn2)c1. The van der Waals surface area contributed by atoms with E-state index < -0.39 is 0 Å². The van der Waals surface area contributed by atoms with Gasteiger partial charge < -0.3 is 9.64 Å². The molecule has 1 aromatic heterocycles. The standard InChI is InChI=1S/C18H21N3O2/c1-23-16-5-2-4-14(12-16)17-6-3-11-21(17)18(22)8-7-15-13-19-9-10-20-15/h2,4-5,9-10,12-13,17H,3,6-8,11H2,1H3/t17-/m0/s1. The molecular weight excluding hydrogens is 290 g/mol. The average Bonchev–Trinajstić information content (AvgIpc) is 3.10. The van der Waals surface area contributed by atoms with Crippen molar-refractivity contribution in [3.63, 3.8) is 0 Å². The Kier molecular flexibility index (Phi) is 4.86. The van der Waals surface area contributed by atoms with Gasteiger partial charge in [-0.15, -0.1) is 0 Å². The fraction of sp³-hybridized carbons (Fsp3) is 0.389. The highest BCUT2D eigenvalue weighted by Crippen LogP contribution is 2.33. The lowest BCUT2D eigenvalue weighted by molar-refractivity contribution is -0.132. The minimum Gasteiger partial charge on any atom is -0.497 e. The van der Waals surface area contributed by atoms with Crippen molar-refractivity contribution >= 4 is 5.91 Å². The van der Waals surface area contributed by atoms with Crippen LogP contribution in [0.2, 0.25) is 0 Å². The van der Waals surface area contributed by atoms with E-state index in [-0.39, 0.29) is 11.9 Å². The smallest absolute Gasteiger partial charge is 0.223 e. The van der Waals surface area contributed by atoms with Crippen molar-refractivity contribution in [3.8, 4) is 5.75 Å². The van der Waals surface area contributed by atoms with Gasteiger partial charge >= 0.3 is 0 Å². The first kappa shape index (κ1) is 15.5. The van der Waals surface area contributed by atoms with Crippen molar-refractivity contribution < 1.29 is 9.53 Å². The lowest BCUT2D eigenvalue weighted by atomic mass is 10.0. The van der Waals surface area contributed by atoms with Crippen LogP contribution in [0.5, 0.6) is 5.75 Å². The Hall–Kier alpha value is -2.43. The summed E-state index contributed by atoms with van der Waals surface area (Å²) < 4.78 is 5.30. The molecule has 0 saturated carbocycles. The molecular formula is C18H21N3O2. The topological polar surface area (TPSA) is 55.3 Å². The number of carbonyl (C=O) groups excluding carboxylic acids is 1. The minimum atomic E-state index is 0.152. The van der Waals surface area contributed by atoms with E-state index in [0.29, 0.717) is 12.8 Å². The lowest BCUT2D eigenvalue weighted by Crippen LogP contribution is -2.30. The normalized spacial score (nSPS) is 17.3. The van der Waals surface area contributed by atoms with Crippen LogP contribution in [0.25, 0.3) is 0 Å². The molecule has 0 radical (unpaired) electrons. The minimum absolute atomic E-state index is 0.152. The number of likely N-dealkylation sites (tertiary alicyclic amines) is 1. The molecule has 0 N–H and O–H groups in total. The Morgan fingerprint density at radius 1 is 1.39 bits per heavy atom. The number of carbonyl (C=O) groups is 1. The second-order valence-corrected chi connectivity index (χ2v) is 5.72. The van der Waals surface area contributed by atoms with Gasteiger partial charge in [-0.25, -0.2) is 0 Å². The monoisotopic (exact) mass is 311 g/mol. The van der Waals surface area contributed by atoms with Crippen molar-refractivity contribution in [1.29, 1.82) is 0 Å². The summed E-state index contributed by atoms with van der Waals surface area (Å²) in [5.74, 6) is 1.02. The van der Waals surface area contributed by atoms with E-state index in [9.17, 15) is 4.79 Å². The highest BCUT2D eigenvalue weighted by molar-refractivity contribution is 5.77. The molecule has 1 aliphatic heterocycles. The molecule has 3 rings (SSSR count). The summed E-state index contributed by atoms with van der Waals surface area (Å²) in [6.07, 6.45) is 8.17. The van der Waals surface area contributed by atoms with Crippen LogP contribution in [0.15, 0.2) is 42.9 Å². The molecule has 1 aromatic carbocycles. The fourth-order valence-electron chi connectivity index (χ4n) is 3.10. The highest BCUT2D eigenvalue weighted by Gasteiger charge is 2.29. The largest absolute Gasteiger partial charge is 0.497 e. The van der Waals surface area contributed by atoms with E-state index in [1.807, 2.05) is 23.1 Å². The number of rotatable bonds is 5. The second-order valence-electron chi connectivity index (χ2n) is 5.72. The fourth-order valence-corrected chi connectivity index (χ4v) is 3.10. The Balaban J connectivity index is 1.67. The van der Waals surface area contributed by atoms with Crippen LogP contribution in [0, 0.1) is 0 Å². The number of aromatic nitrogens is 2. The van der Waals surface area contributed by atoms with E-state index in [1.165, 1.54) is 0 Å². The van der Waals surface area contributed by atoms with E-state index in [1.54, 1.807) is 25.7 Å². The molecule has 2 aromatic rings. The van der Waals surface area contributed by atoms with E-state index >= 15 is 0 Å². The summed E-state index contributed by atoms with van der Waals surface area (Å²) in [4.78, 5) is 22.9. The van der Waals surface area contributed by atoms with E-state index in [0.717, 1.165) is 36.4 Å². The lowest BCUT2D eigenvalue weighted by Gasteiger charge is -2.25. The zero-order valence-corrected chi connectivity index (χ0v) is 13.3. The molecule has 5 nitrogen and oxygen atoms in total. The zero-order valence-electron chi connectivity index (χ0n) is 13.3. The Morgan fingerprint density at radius 2 is 2.30 bits per heavy atom. The first-order chi connectivity index (χ1) is 11.3. The number of aryl methyl sites for hydroxylation is 1. The van der Waals surface area contributed by atoms with Crippen LogP contribution < -0.4 is 4.74 Å². The van der Waals surface area contributed by atoms with Crippen molar-refractivity contribution in [2.75, 3.05) is 13.7 Å². The number of nitrogens with zero attached hydrogens (tertiary/aromatic N) is 3. The maximum atomic E-state index is 12.6. The van der Waals surface area contributed by atoms with Crippen LogP contribution in [-0.4, -0.2) is 34.4 Å². The predicted octanol–water partition coefficient (Wildman–Crippen LogP) is 2.78. The van der Waals surface area contributed by atoms with Gasteiger partial charge in [0.25, 0.3) is 0 Å². The Morgan fingerprint density at radius 3 is 3.09 bits per heavy atom. The summed E-state index contributed by atoms with van der Waals surface area (Å²) in [5, 5.41) is 0. The van der Waals surface area contributed by atoms with Crippen LogP contribution >= 0.6 is 0 Å². The van der Waals surface area contributed by atoms with E-state index in [2.05, 4.69) is 16.0 Å². The van der Waals surface area contributed by atoms with Crippen molar-refractivity contribution in [2.24, 2.45) is 0 Å². The summed E-state index contributed by atoms with van der Waals surface area (Å²) in [6.45, 7) is 0.821. The van der Waals surface area contributed by atoms with Crippen molar-refractivity contribution in [3.05, 3.63) is 54.1 Å². The zero-order chi connectivity index (χ0) is 16.1. The van der Waals surface area contributed by atoms with Gasteiger partial charge in [0.1, 0.15) is 5.75 Å². The molecule has 1 atom stereocenters. The first-order valence-electron chi connectivity index (χ1n) is 7.96. The molecule has 5 heteroatoms. The quantitative estimate of drug-likeness (QED) is 0.852. The first-order valence-corrected chi connectivity index (χ1v) is 7.96. The summed E-state index contributed by atoms with van der Waals surface area (Å²) in [7, 11) is 1.66. The highest BCUT2D eigenvalue weighted by atomic mass is 16.5. The molecule has 2 heterocycles. The maximum Gasteiger partial charge on any atom is 0.223 e. The molecule has 0 aliphatic carbocycles. The third-order valence-electron chi connectivity index (χ3n) is 4.26. The van der Waals surface area contributed by atoms with E-state index in [4.69, 9.17) is 4.74 Å². The van der Waals surface area contributed by atoms with Gasteiger partial charge in [-0.1, -0.05) is 12.1 Å². The molecule has 120 valence electrons. The van der Waals surface area contributed by atoms with Crippen LogP contribution in [0.1, 0.15) is 36.6 Å². The molecule has 1 fully saturated rings. The van der Waals surface area contributed by atoms with Crippen molar-refractivity contribution in [1.82, 2.24) is 14.9 Å². The molecule has 23 heavy (non-hydrogen) atoms. The molecule has 0 spiro atoms. The number of hydrogen-bond donors (Lipinski definition) is 0. The molecule has 1 saturated heterocycles. The third kappa shape index (κ3) is 3.67. The van der Waals surface area contributed by atoms with Crippen molar-refractivity contribution in [2.45, 2.75) is 31.7 Å². The summed E-state index contributed by atoms with van der Waals surface area (Å²) >= 11 is 0. The second kappa shape index (κ2) is 7.22. The van der Waals surface area contributed by atoms with Crippen LogP contribution in [0.4, 0.5) is 0 Å². The number of benzene rings is 1. The molecule has 1 amide bonds. The van der Waals surface area contributed by atoms with Gasteiger partial charge in [0.05, 0.1) is 18.8 Å². The molecule has 0 unspecified atom stereocenters. The Labute approximate surface area is 136 Å². The number of ether oxygens (including phenoxy) is 1. The molecule has 0 bridgehead atoms. The Bertz CT molecular complexity index is 660. The maximum absolute atomic E-state index is 12.6. The summed E-state index contributed by atoms with van der Waals surface area (Å²) in [6, 6.07) is 8.16. The van der Waals surface area contributed by atoms with Gasteiger partial charge in [0, 0.05) is 31.6 Å². The summed E-state index contributed by atoms with van der Waals surface area (Å²) in [5.41, 5.74) is 2.01. The third-order valence-corrected chi connectivity index (χ3v) is 4.26. The number of hydrogen-bond acceptors (Lipinski definition) is 4. The van der Waals surface area contributed by atoms with Gasteiger partial charge in [-0.2, -0.15) is 0 Å². The van der Waals surface area contributed by atoms with Gasteiger partial charge in [-0.05, 0) is 37.0 Å². The van der Waals surface area contributed by atoms with Gasteiger partial charge in [-0.3, -0.25) is 14.8 Å². The number of amides is 1. The molecule has 1 aliphatic rings. The van der Waals surface area contributed by atoms with Gasteiger partial charge in [0.2, 0.25) is 5.91 Å². The van der Waals surface area contributed by atoms with Gasteiger partial charge in [0.15, 0.2) is 0 Å².